The van der Waals surface area contributed by atoms with E-state index in [0.29, 0.717) is 12.2 Å². The fourth-order valence-corrected chi connectivity index (χ4v) is 3.29. The van der Waals surface area contributed by atoms with Gasteiger partial charge in [-0.05, 0) is 56.3 Å². The van der Waals surface area contributed by atoms with E-state index in [1.165, 1.54) is 19.3 Å². The second-order valence-corrected chi connectivity index (χ2v) is 6.58. The molecule has 0 spiro atoms. The van der Waals surface area contributed by atoms with Crippen LogP contribution in [0.1, 0.15) is 43.0 Å². The molecule has 21 heavy (non-hydrogen) atoms. The number of thioether (sulfide) groups is 1. The highest BCUT2D eigenvalue weighted by molar-refractivity contribution is 7.99. The lowest BCUT2D eigenvalue weighted by Crippen LogP contribution is -2.33. The molecule has 3 nitrogen and oxygen atoms in total. The van der Waals surface area contributed by atoms with Gasteiger partial charge in [0, 0.05) is 11.4 Å². The fourth-order valence-electron chi connectivity index (χ4n) is 2.47. The molecule has 0 aliphatic carbocycles. The van der Waals surface area contributed by atoms with Gasteiger partial charge in [0.1, 0.15) is 6.61 Å². The van der Waals surface area contributed by atoms with Gasteiger partial charge >= 0.3 is 5.97 Å². The van der Waals surface area contributed by atoms with Crippen molar-refractivity contribution in [3.8, 4) is 0 Å². The highest BCUT2D eigenvalue weighted by Gasteiger charge is 2.12. The van der Waals surface area contributed by atoms with E-state index in [1.807, 2.05) is 24.3 Å². The third kappa shape index (κ3) is 5.71. The van der Waals surface area contributed by atoms with Crippen molar-refractivity contribution in [3.05, 3.63) is 29.8 Å². The zero-order chi connectivity index (χ0) is 14.9. The molecule has 0 amide bonds. The molecule has 0 unspecified atom stereocenters. The molecule has 2 rings (SSSR count). The second kappa shape index (κ2) is 9.11. The zero-order valence-electron chi connectivity index (χ0n) is 12.8. The summed E-state index contributed by atoms with van der Waals surface area (Å²) < 4.78 is 5.40. The lowest BCUT2D eigenvalue weighted by atomic mass is 10.1. The van der Waals surface area contributed by atoms with Crippen LogP contribution in [-0.4, -0.2) is 42.9 Å². The van der Waals surface area contributed by atoms with E-state index in [0.717, 1.165) is 36.7 Å². The Balaban J connectivity index is 1.76. The van der Waals surface area contributed by atoms with Crippen LogP contribution in [-0.2, 0) is 4.74 Å². The van der Waals surface area contributed by atoms with Crippen molar-refractivity contribution in [2.24, 2.45) is 0 Å². The molecule has 1 heterocycles. The van der Waals surface area contributed by atoms with E-state index in [-0.39, 0.29) is 5.97 Å². The van der Waals surface area contributed by atoms with Gasteiger partial charge in [0.05, 0.1) is 5.56 Å². The molecule has 1 fully saturated rings. The van der Waals surface area contributed by atoms with Crippen LogP contribution >= 0.6 is 11.8 Å². The van der Waals surface area contributed by atoms with Gasteiger partial charge in [0.25, 0.3) is 0 Å². The lowest BCUT2D eigenvalue weighted by molar-refractivity contribution is 0.0452. The Kier molecular flexibility index (Phi) is 7.10. The van der Waals surface area contributed by atoms with Gasteiger partial charge < -0.3 is 4.74 Å². The number of carbonyl (C=O) groups excluding carboxylic acids is 1. The third-order valence-electron chi connectivity index (χ3n) is 3.63. The van der Waals surface area contributed by atoms with Crippen LogP contribution in [0.25, 0.3) is 0 Å². The predicted molar refractivity (Wildman–Crippen MR) is 88.0 cm³/mol. The van der Waals surface area contributed by atoms with E-state index in [9.17, 15) is 4.79 Å². The average Bonchev–Trinajstić information content (AvgIpc) is 2.54. The molecule has 4 heteroatoms. The summed E-state index contributed by atoms with van der Waals surface area (Å²) in [7, 11) is 0. The number of benzene rings is 1. The summed E-state index contributed by atoms with van der Waals surface area (Å²) in [5.74, 6) is 0.874. The largest absolute Gasteiger partial charge is 0.461 e. The molecule has 0 N–H and O–H groups in total. The Bertz CT molecular complexity index is 444. The zero-order valence-corrected chi connectivity index (χ0v) is 13.7. The molecule has 1 aromatic carbocycles. The van der Waals surface area contributed by atoms with Crippen molar-refractivity contribution in [1.29, 1.82) is 0 Å². The van der Waals surface area contributed by atoms with Gasteiger partial charge in [-0.3, -0.25) is 4.90 Å². The van der Waals surface area contributed by atoms with E-state index < -0.39 is 0 Å². The van der Waals surface area contributed by atoms with Crippen LogP contribution in [0, 0.1) is 0 Å². The average molecular weight is 307 g/mol. The molecule has 0 radical (unpaired) electrons. The Morgan fingerprint density at radius 2 is 2.10 bits per heavy atom. The quantitative estimate of drug-likeness (QED) is 0.565. The summed E-state index contributed by atoms with van der Waals surface area (Å²) in [6.07, 6.45) is 5.00. The fraction of sp³-hybridized carbons (Fsp3) is 0.588. The third-order valence-corrected chi connectivity index (χ3v) is 4.83. The molecule has 0 aromatic heterocycles. The van der Waals surface area contributed by atoms with Gasteiger partial charge in [-0.25, -0.2) is 4.79 Å². The number of hydrogen-bond donors (Lipinski definition) is 0. The van der Waals surface area contributed by atoms with Gasteiger partial charge in [0.2, 0.25) is 0 Å². The summed E-state index contributed by atoms with van der Waals surface area (Å²) in [6.45, 7) is 5.79. The van der Waals surface area contributed by atoms with Crippen LogP contribution in [0.3, 0.4) is 0 Å². The number of ether oxygens (including phenoxy) is 1. The predicted octanol–water partition coefficient (Wildman–Crippen LogP) is 3.83. The Labute approximate surface area is 132 Å². The topological polar surface area (TPSA) is 29.5 Å². The minimum atomic E-state index is -0.203. The van der Waals surface area contributed by atoms with Gasteiger partial charge in [-0.1, -0.05) is 19.4 Å². The van der Waals surface area contributed by atoms with Crippen molar-refractivity contribution >= 4 is 17.7 Å². The first-order chi connectivity index (χ1) is 10.3. The van der Waals surface area contributed by atoms with E-state index in [2.05, 4.69) is 11.8 Å². The van der Waals surface area contributed by atoms with Crippen LogP contribution in [0.15, 0.2) is 29.2 Å². The molecule has 1 saturated heterocycles. The van der Waals surface area contributed by atoms with Gasteiger partial charge in [0.15, 0.2) is 0 Å². The van der Waals surface area contributed by atoms with E-state index in [4.69, 9.17) is 4.74 Å². The van der Waals surface area contributed by atoms with Crippen molar-refractivity contribution in [3.63, 3.8) is 0 Å². The Morgan fingerprint density at radius 1 is 1.29 bits per heavy atom. The molecule has 0 saturated carbocycles. The summed E-state index contributed by atoms with van der Waals surface area (Å²) in [5, 5.41) is 0. The highest BCUT2D eigenvalue weighted by Crippen LogP contribution is 2.20. The van der Waals surface area contributed by atoms with E-state index >= 15 is 0 Å². The number of carbonyl (C=O) groups is 1. The maximum atomic E-state index is 12.1. The number of hydrogen-bond acceptors (Lipinski definition) is 4. The monoisotopic (exact) mass is 307 g/mol. The lowest BCUT2D eigenvalue weighted by Gasteiger charge is -2.25. The number of piperidine rings is 1. The summed E-state index contributed by atoms with van der Waals surface area (Å²) in [5.41, 5.74) is 0.662. The van der Waals surface area contributed by atoms with Crippen LogP contribution < -0.4 is 0 Å². The smallest absolute Gasteiger partial charge is 0.338 e. The first-order valence-corrected chi connectivity index (χ1v) is 8.90. The normalized spacial score (nSPS) is 15.9. The SMILES string of the molecule is CCCSc1cccc(C(=O)OCCN2CCCCC2)c1. The molecule has 1 aliphatic heterocycles. The van der Waals surface area contributed by atoms with Crippen LogP contribution in [0.5, 0.6) is 0 Å². The molecular weight excluding hydrogens is 282 g/mol. The Hall–Kier alpha value is -1.00. The summed E-state index contributed by atoms with van der Waals surface area (Å²) in [6, 6.07) is 7.74. The Morgan fingerprint density at radius 3 is 2.86 bits per heavy atom. The molecule has 1 aromatic rings. The van der Waals surface area contributed by atoms with Crippen LogP contribution in [0.4, 0.5) is 0 Å². The maximum Gasteiger partial charge on any atom is 0.338 e. The van der Waals surface area contributed by atoms with Gasteiger partial charge in [-0.15, -0.1) is 11.8 Å². The first-order valence-electron chi connectivity index (χ1n) is 7.92. The highest BCUT2D eigenvalue weighted by atomic mass is 32.2. The number of rotatable bonds is 7. The second-order valence-electron chi connectivity index (χ2n) is 5.41. The minimum Gasteiger partial charge on any atom is -0.461 e. The maximum absolute atomic E-state index is 12.1. The van der Waals surface area contributed by atoms with Gasteiger partial charge in [-0.2, -0.15) is 0 Å². The molecule has 1 aliphatic rings. The van der Waals surface area contributed by atoms with Crippen molar-refractivity contribution < 1.29 is 9.53 Å². The van der Waals surface area contributed by atoms with Crippen LogP contribution in [0.2, 0.25) is 0 Å². The summed E-state index contributed by atoms with van der Waals surface area (Å²) in [4.78, 5) is 15.6. The minimum absolute atomic E-state index is 0.203. The van der Waals surface area contributed by atoms with Crippen molar-refractivity contribution in [2.45, 2.75) is 37.5 Å². The molecular formula is C17H25NO2S. The molecule has 0 atom stereocenters. The number of likely N-dealkylation sites (tertiary alicyclic amines) is 1. The number of nitrogens with zero attached hydrogens (tertiary/aromatic N) is 1. The molecule has 0 bridgehead atoms. The van der Waals surface area contributed by atoms with E-state index in [1.54, 1.807) is 11.8 Å². The standard InChI is InChI=1S/C17H25NO2S/c1-2-13-21-16-8-6-7-15(14-16)17(19)20-12-11-18-9-4-3-5-10-18/h6-8,14H,2-5,9-13H2,1H3. The number of esters is 1. The summed E-state index contributed by atoms with van der Waals surface area (Å²) >= 11 is 1.78. The molecule has 116 valence electrons. The van der Waals surface area contributed by atoms with Crippen molar-refractivity contribution in [2.75, 3.05) is 32.0 Å². The first kappa shape index (κ1) is 16.4. The van der Waals surface area contributed by atoms with Crippen molar-refractivity contribution in [1.82, 2.24) is 4.90 Å².